The first-order valence-electron chi connectivity index (χ1n) is 6.57. The van der Waals surface area contributed by atoms with Crippen LogP contribution in [0.25, 0.3) is 0 Å². The van der Waals surface area contributed by atoms with E-state index >= 15 is 0 Å². The Morgan fingerprint density at radius 1 is 1.35 bits per heavy atom. The van der Waals surface area contributed by atoms with E-state index in [1.807, 2.05) is 0 Å². The molecule has 112 valence electrons. The average molecular weight is 321 g/mol. The molecule has 0 spiro atoms. The van der Waals surface area contributed by atoms with E-state index in [1.165, 1.54) is 4.31 Å². The molecule has 1 heterocycles. The third kappa shape index (κ3) is 3.07. The van der Waals surface area contributed by atoms with Gasteiger partial charge in [-0.25, -0.2) is 12.8 Å². The molecule has 0 aromatic heterocycles. The Labute approximate surface area is 123 Å². The second kappa shape index (κ2) is 5.87. The van der Waals surface area contributed by atoms with Gasteiger partial charge in [0, 0.05) is 13.1 Å². The molecule has 1 aliphatic rings. The minimum atomic E-state index is -3.72. The van der Waals surface area contributed by atoms with Crippen LogP contribution < -0.4 is 5.73 Å². The Kier molecular flexibility index (Phi) is 4.56. The van der Waals surface area contributed by atoms with Gasteiger partial charge in [-0.2, -0.15) is 4.31 Å². The van der Waals surface area contributed by atoms with Crippen LogP contribution in [0.5, 0.6) is 0 Å². The highest BCUT2D eigenvalue weighted by Gasteiger charge is 2.29. The number of hydrogen-bond donors (Lipinski definition) is 1. The number of benzene rings is 1. The smallest absolute Gasteiger partial charge is 0.244 e. The van der Waals surface area contributed by atoms with Crippen molar-refractivity contribution < 1.29 is 12.8 Å². The number of rotatable bonds is 2. The zero-order valence-electron chi connectivity index (χ0n) is 11.3. The Morgan fingerprint density at radius 2 is 2.05 bits per heavy atom. The maximum Gasteiger partial charge on any atom is 0.244 e. The zero-order chi connectivity index (χ0) is 14.9. The van der Waals surface area contributed by atoms with Crippen LogP contribution >= 0.6 is 11.6 Å². The maximum absolute atomic E-state index is 13.3. The fourth-order valence-corrected chi connectivity index (χ4v) is 4.38. The van der Waals surface area contributed by atoms with Crippen LogP contribution in [-0.2, 0) is 10.0 Å². The van der Waals surface area contributed by atoms with E-state index in [9.17, 15) is 12.8 Å². The van der Waals surface area contributed by atoms with Crippen LogP contribution in [-0.4, -0.2) is 25.8 Å². The second-order valence-electron chi connectivity index (χ2n) is 5.24. The van der Waals surface area contributed by atoms with Crippen LogP contribution in [0.1, 0.15) is 26.2 Å². The van der Waals surface area contributed by atoms with E-state index in [1.54, 1.807) is 0 Å². The third-order valence-corrected chi connectivity index (χ3v) is 6.01. The van der Waals surface area contributed by atoms with Gasteiger partial charge in [0.2, 0.25) is 10.0 Å². The highest BCUT2D eigenvalue weighted by molar-refractivity contribution is 7.89. The predicted octanol–water partition coefficient (Wildman–Crippen LogP) is 2.87. The molecular weight excluding hydrogens is 303 g/mol. The van der Waals surface area contributed by atoms with E-state index in [2.05, 4.69) is 6.92 Å². The number of sulfonamides is 1. The first kappa shape index (κ1) is 15.5. The van der Waals surface area contributed by atoms with E-state index in [-0.39, 0.29) is 15.6 Å². The molecule has 4 nitrogen and oxygen atoms in total. The molecule has 1 aromatic carbocycles. The van der Waals surface area contributed by atoms with Crippen molar-refractivity contribution in [2.45, 2.75) is 31.1 Å². The molecule has 1 unspecified atom stereocenters. The standard InChI is InChI=1S/C13H18ClFN2O2S/c1-9-3-2-5-17(6-4-9)20(18,19)13-8-12(16)11(15)7-10(13)14/h7-9H,2-6,16H2,1H3. The average Bonchev–Trinajstić information content (AvgIpc) is 2.59. The molecule has 1 aromatic rings. The summed E-state index contributed by atoms with van der Waals surface area (Å²) < 4.78 is 39.9. The van der Waals surface area contributed by atoms with Gasteiger partial charge in [0.15, 0.2) is 0 Å². The quantitative estimate of drug-likeness (QED) is 0.852. The summed E-state index contributed by atoms with van der Waals surface area (Å²) in [5.74, 6) is -0.206. The Bertz CT molecular complexity index is 607. The fraction of sp³-hybridized carbons (Fsp3) is 0.538. The first-order valence-corrected chi connectivity index (χ1v) is 8.39. The largest absolute Gasteiger partial charge is 0.396 e. The van der Waals surface area contributed by atoms with E-state index in [0.717, 1.165) is 31.4 Å². The molecule has 0 saturated carbocycles. The lowest BCUT2D eigenvalue weighted by Crippen LogP contribution is -2.32. The van der Waals surface area contributed by atoms with Gasteiger partial charge >= 0.3 is 0 Å². The predicted molar refractivity (Wildman–Crippen MR) is 77.6 cm³/mol. The van der Waals surface area contributed by atoms with Crippen LogP contribution in [0.2, 0.25) is 5.02 Å². The fourth-order valence-electron chi connectivity index (χ4n) is 2.36. The van der Waals surface area contributed by atoms with Crippen molar-refractivity contribution in [2.75, 3.05) is 18.8 Å². The molecular formula is C13H18ClFN2O2S. The van der Waals surface area contributed by atoms with Crippen molar-refractivity contribution in [3.63, 3.8) is 0 Å². The molecule has 0 bridgehead atoms. The Hall–Kier alpha value is -0.850. The van der Waals surface area contributed by atoms with Gasteiger partial charge in [-0.15, -0.1) is 0 Å². The molecule has 2 rings (SSSR count). The number of nitrogens with two attached hydrogens (primary N) is 1. The lowest BCUT2D eigenvalue weighted by molar-refractivity contribution is 0.417. The molecule has 0 aliphatic carbocycles. The minimum absolute atomic E-state index is 0.118. The van der Waals surface area contributed by atoms with Crippen molar-refractivity contribution >= 4 is 27.3 Å². The van der Waals surface area contributed by atoms with Gasteiger partial charge in [-0.3, -0.25) is 0 Å². The van der Waals surface area contributed by atoms with Gasteiger partial charge in [-0.05, 0) is 37.3 Å². The summed E-state index contributed by atoms with van der Waals surface area (Å²) in [5.41, 5.74) is 5.24. The summed E-state index contributed by atoms with van der Waals surface area (Å²) in [6.07, 6.45) is 2.63. The molecule has 1 saturated heterocycles. The van der Waals surface area contributed by atoms with Crippen molar-refractivity contribution in [1.82, 2.24) is 4.31 Å². The molecule has 0 amide bonds. The number of hydrogen-bond acceptors (Lipinski definition) is 3. The van der Waals surface area contributed by atoms with Crippen molar-refractivity contribution in [3.8, 4) is 0 Å². The summed E-state index contributed by atoms with van der Waals surface area (Å²) in [6, 6.07) is 2.05. The van der Waals surface area contributed by atoms with Crippen LogP contribution in [0.3, 0.4) is 0 Å². The van der Waals surface area contributed by atoms with Gasteiger partial charge < -0.3 is 5.73 Å². The zero-order valence-corrected chi connectivity index (χ0v) is 12.8. The van der Waals surface area contributed by atoms with Gasteiger partial charge in [0.1, 0.15) is 10.7 Å². The first-order chi connectivity index (χ1) is 9.32. The molecule has 1 atom stereocenters. The maximum atomic E-state index is 13.3. The lowest BCUT2D eigenvalue weighted by atomic mass is 10.0. The summed E-state index contributed by atoms with van der Waals surface area (Å²) in [7, 11) is -3.72. The number of halogens is 2. The number of nitrogens with zero attached hydrogens (tertiary/aromatic N) is 1. The SMILES string of the molecule is CC1CCCN(S(=O)(=O)c2cc(N)c(F)cc2Cl)CC1. The highest BCUT2D eigenvalue weighted by Crippen LogP contribution is 2.30. The highest BCUT2D eigenvalue weighted by atomic mass is 35.5. The molecule has 0 radical (unpaired) electrons. The van der Waals surface area contributed by atoms with E-state index in [4.69, 9.17) is 17.3 Å². The molecule has 2 N–H and O–H groups in total. The number of nitrogen functional groups attached to an aromatic ring is 1. The summed E-state index contributed by atoms with van der Waals surface area (Å²) in [4.78, 5) is -0.118. The van der Waals surface area contributed by atoms with E-state index in [0.29, 0.717) is 19.0 Å². The number of anilines is 1. The van der Waals surface area contributed by atoms with Gasteiger partial charge in [-0.1, -0.05) is 18.5 Å². The van der Waals surface area contributed by atoms with Gasteiger partial charge in [0.05, 0.1) is 10.7 Å². The van der Waals surface area contributed by atoms with Crippen molar-refractivity contribution in [2.24, 2.45) is 5.92 Å². The van der Waals surface area contributed by atoms with Gasteiger partial charge in [0.25, 0.3) is 0 Å². The Morgan fingerprint density at radius 3 is 2.75 bits per heavy atom. The van der Waals surface area contributed by atoms with E-state index < -0.39 is 15.8 Å². The summed E-state index contributed by atoms with van der Waals surface area (Å²) in [6.45, 7) is 3.02. The van der Waals surface area contributed by atoms with Crippen LogP contribution in [0, 0.1) is 11.7 Å². The molecule has 1 aliphatic heterocycles. The van der Waals surface area contributed by atoms with Crippen molar-refractivity contribution in [1.29, 1.82) is 0 Å². The summed E-state index contributed by atoms with van der Waals surface area (Å²) in [5, 5.41) is -0.131. The summed E-state index contributed by atoms with van der Waals surface area (Å²) >= 11 is 5.87. The normalized spacial score (nSPS) is 21.6. The minimum Gasteiger partial charge on any atom is -0.396 e. The topological polar surface area (TPSA) is 63.4 Å². The second-order valence-corrected chi connectivity index (χ2v) is 7.56. The van der Waals surface area contributed by atoms with Crippen molar-refractivity contribution in [3.05, 3.63) is 23.0 Å². The third-order valence-electron chi connectivity index (χ3n) is 3.64. The molecule has 20 heavy (non-hydrogen) atoms. The van der Waals surface area contributed by atoms with Crippen LogP contribution in [0.15, 0.2) is 17.0 Å². The Balaban J connectivity index is 2.37. The molecule has 1 fully saturated rings. The van der Waals surface area contributed by atoms with Crippen LogP contribution in [0.4, 0.5) is 10.1 Å². The lowest BCUT2D eigenvalue weighted by Gasteiger charge is -2.21. The monoisotopic (exact) mass is 320 g/mol. The molecule has 7 heteroatoms.